The van der Waals surface area contributed by atoms with Gasteiger partial charge in [-0.3, -0.25) is 0 Å². The third kappa shape index (κ3) is 4.00. The van der Waals surface area contributed by atoms with E-state index >= 15 is 0 Å². The van der Waals surface area contributed by atoms with Gasteiger partial charge in [-0.2, -0.15) is 0 Å². The van der Waals surface area contributed by atoms with E-state index in [9.17, 15) is 8.42 Å². The van der Waals surface area contributed by atoms with Crippen molar-refractivity contribution in [3.8, 4) is 0 Å². The fourth-order valence-corrected chi connectivity index (χ4v) is 2.94. The van der Waals surface area contributed by atoms with Gasteiger partial charge in [0.1, 0.15) is 5.51 Å². The van der Waals surface area contributed by atoms with Crippen LogP contribution in [0.15, 0.2) is 9.85 Å². The van der Waals surface area contributed by atoms with Crippen LogP contribution < -0.4 is 5.14 Å². The van der Waals surface area contributed by atoms with Gasteiger partial charge in [-0.1, -0.05) is 23.1 Å². The second kappa shape index (κ2) is 4.17. The van der Waals surface area contributed by atoms with Gasteiger partial charge in [0, 0.05) is 5.75 Å². The van der Waals surface area contributed by atoms with Crippen LogP contribution in [-0.4, -0.2) is 30.1 Å². The summed E-state index contributed by atoms with van der Waals surface area (Å²) in [5.74, 6) is 0.394. The maximum absolute atomic E-state index is 10.5. The zero-order valence-electron chi connectivity index (χ0n) is 6.00. The summed E-state index contributed by atoms with van der Waals surface area (Å²) in [4.78, 5) is 0. The Hall–Kier alpha value is -0.180. The van der Waals surface area contributed by atoms with Gasteiger partial charge < -0.3 is 0 Å². The van der Waals surface area contributed by atoms with Crippen molar-refractivity contribution in [1.29, 1.82) is 0 Å². The molecule has 68 valence electrons. The average molecular weight is 225 g/mol. The van der Waals surface area contributed by atoms with Crippen LogP contribution in [0.1, 0.15) is 0 Å². The Morgan fingerprint density at radius 1 is 1.67 bits per heavy atom. The van der Waals surface area contributed by atoms with Crippen molar-refractivity contribution >= 4 is 33.1 Å². The third-order valence-electron chi connectivity index (χ3n) is 0.933. The smallest absolute Gasteiger partial charge is 0.209 e. The van der Waals surface area contributed by atoms with Crippen molar-refractivity contribution in [1.82, 2.24) is 10.2 Å². The fourth-order valence-electron chi connectivity index (χ4n) is 0.471. The summed E-state index contributed by atoms with van der Waals surface area (Å²) in [5, 5.41) is 12.1. The summed E-state index contributed by atoms with van der Waals surface area (Å²) in [6.07, 6.45) is 0. The largest absolute Gasteiger partial charge is 0.229 e. The second-order valence-electron chi connectivity index (χ2n) is 1.92. The Balaban J connectivity index is 2.29. The molecule has 1 rings (SSSR count). The average Bonchev–Trinajstić information content (AvgIpc) is 2.36. The van der Waals surface area contributed by atoms with Crippen LogP contribution in [0.4, 0.5) is 0 Å². The lowest BCUT2D eigenvalue weighted by molar-refractivity contribution is 0.599. The first-order valence-corrected chi connectivity index (χ1v) is 6.55. The molecule has 0 aromatic carbocycles. The molecule has 0 bridgehead atoms. The van der Waals surface area contributed by atoms with E-state index in [1.165, 1.54) is 23.1 Å². The molecule has 0 amide bonds. The maximum Gasteiger partial charge on any atom is 0.209 e. The summed E-state index contributed by atoms with van der Waals surface area (Å²) < 4.78 is 21.7. The molecule has 0 radical (unpaired) electrons. The number of nitrogens with two attached hydrogens (primary N) is 1. The molecular weight excluding hydrogens is 218 g/mol. The molecule has 0 aliphatic rings. The van der Waals surface area contributed by atoms with E-state index in [-0.39, 0.29) is 5.75 Å². The maximum atomic E-state index is 10.5. The van der Waals surface area contributed by atoms with Gasteiger partial charge in [-0.05, 0) is 0 Å². The van der Waals surface area contributed by atoms with E-state index in [0.29, 0.717) is 5.75 Å². The summed E-state index contributed by atoms with van der Waals surface area (Å²) >= 11 is 2.72. The van der Waals surface area contributed by atoms with Crippen molar-refractivity contribution in [2.24, 2.45) is 5.14 Å². The van der Waals surface area contributed by atoms with E-state index in [1.54, 1.807) is 5.51 Å². The lowest BCUT2D eigenvalue weighted by Crippen LogP contribution is -2.17. The van der Waals surface area contributed by atoms with Crippen LogP contribution in [0.2, 0.25) is 0 Å². The quantitative estimate of drug-likeness (QED) is 0.724. The first-order valence-electron chi connectivity index (χ1n) is 2.97. The molecule has 0 saturated carbocycles. The number of hydrogen-bond acceptors (Lipinski definition) is 6. The topological polar surface area (TPSA) is 85.9 Å². The summed E-state index contributed by atoms with van der Waals surface area (Å²) in [6, 6.07) is 0. The van der Waals surface area contributed by atoms with Crippen LogP contribution in [-0.2, 0) is 10.0 Å². The minimum Gasteiger partial charge on any atom is -0.229 e. The van der Waals surface area contributed by atoms with Crippen LogP contribution >= 0.6 is 23.1 Å². The Morgan fingerprint density at radius 3 is 2.92 bits per heavy atom. The first kappa shape index (κ1) is 9.90. The highest BCUT2D eigenvalue weighted by atomic mass is 32.2. The van der Waals surface area contributed by atoms with Crippen LogP contribution in [0.3, 0.4) is 0 Å². The van der Waals surface area contributed by atoms with Gasteiger partial charge in [0.05, 0.1) is 5.75 Å². The predicted octanol–water partition coefficient (Wildman–Crippen LogP) is -0.0813. The lowest BCUT2D eigenvalue weighted by atomic mass is 11.0. The van der Waals surface area contributed by atoms with Crippen molar-refractivity contribution in [2.75, 3.05) is 11.5 Å². The van der Waals surface area contributed by atoms with Crippen LogP contribution in [0.25, 0.3) is 0 Å². The summed E-state index contributed by atoms with van der Waals surface area (Å²) in [5.41, 5.74) is 1.60. The number of thioether (sulfide) groups is 1. The second-order valence-corrected chi connectivity index (χ2v) is 5.83. The Morgan fingerprint density at radius 2 is 2.42 bits per heavy atom. The number of hydrogen-bond donors (Lipinski definition) is 1. The standard InChI is InChI=1S/C4H7N3O2S3/c5-12(8,9)2-1-10-4-7-6-3-11-4/h3H,1-2H2,(H2,5,8,9). The molecule has 12 heavy (non-hydrogen) atoms. The Kier molecular flexibility index (Phi) is 3.44. The molecule has 0 aliphatic carbocycles. The van der Waals surface area contributed by atoms with Gasteiger partial charge in [-0.15, -0.1) is 10.2 Å². The predicted molar refractivity (Wildman–Crippen MR) is 48.6 cm³/mol. The molecule has 0 fully saturated rings. The zero-order chi connectivity index (χ0) is 9.03. The van der Waals surface area contributed by atoms with E-state index in [0.717, 1.165) is 4.34 Å². The van der Waals surface area contributed by atoms with Crippen molar-refractivity contribution in [2.45, 2.75) is 4.34 Å². The first-order chi connectivity index (χ1) is 5.58. The highest BCUT2D eigenvalue weighted by Gasteiger charge is 2.04. The van der Waals surface area contributed by atoms with Gasteiger partial charge >= 0.3 is 0 Å². The van der Waals surface area contributed by atoms with Crippen LogP contribution in [0, 0.1) is 0 Å². The molecule has 1 aromatic rings. The minimum atomic E-state index is -3.34. The summed E-state index contributed by atoms with van der Waals surface area (Å²) in [6.45, 7) is 0. The Labute approximate surface area is 78.4 Å². The summed E-state index contributed by atoms with van der Waals surface area (Å²) in [7, 11) is -3.34. The molecule has 0 spiro atoms. The van der Waals surface area contributed by atoms with E-state index in [4.69, 9.17) is 5.14 Å². The SMILES string of the molecule is NS(=O)(=O)CCSc1nncs1. The van der Waals surface area contributed by atoms with Crippen molar-refractivity contribution in [3.05, 3.63) is 5.51 Å². The van der Waals surface area contributed by atoms with E-state index in [1.807, 2.05) is 0 Å². The normalized spacial score (nSPS) is 11.8. The van der Waals surface area contributed by atoms with Crippen molar-refractivity contribution in [3.63, 3.8) is 0 Å². The molecule has 0 unspecified atom stereocenters. The number of nitrogens with zero attached hydrogens (tertiary/aromatic N) is 2. The molecule has 1 heterocycles. The molecule has 2 N–H and O–H groups in total. The number of sulfonamides is 1. The highest BCUT2D eigenvalue weighted by Crippen LogP contribution is 2.18. The zero-order valence-corrected chi connectivity index (χ0v) is 8.45. The number of rotatable bonds is 4. The minimum absolute atomic E-state index is 0.0305. The van der Waals surface area contributed by atoms with Gasteiger partial charge in [-0.25, -0.2) is 13.6 Å². The molecule has 0 atom stereocenters. The molecular formula is C4H7N3O2S3. The molecule has 0 saturated heterocycles. The van der Waals surface area contributed by atoms with Gasteiger partial charge in [0.2, 0.25) is 10.0 Å². The van der Waals surface area contributed by atoms with E-state index in [2.05, 4.69) is 10.2 Å². The molecule has 8 heteroatoms. The third-order valence-corrected chi connectivity index (χ3v) is 3.83. The fraction of sp³-hybridized carbons (Fsp3) is 0.500. The monoisotopic (exact) mass is 225 g/mol. The number of aromatic nitrogens is 2. The van der Waals surface area contributed by atoms with E-state index < -0.39 is 10.0 Å². The lowest BCUT2D eigenvalue weighted by Gasteiger charge is -1.94. The molecule has 1 aromatic heterocycles. The number of primary sulfonamides is 1. The highest BCUT2D eigenvalue weighted by molar-refractivity contribution is 8.02. The molecule has 0 aliphatic heterocycles. The van der Waals surface area contributed by atoms with Crippen LogP contribution in [0.5, 0.6) is 0 Å². The van der Waals surface area contributed by atoms with Gasteiger partial charge in [0.15, 0.2) is 4.34 Å². The van der Waals surface area contributed by atoms with Gasteiger partial charge in [0.25, 0.3) is 0 Å². The Bertz CT molecular complexity index is 319. The molecule has 5 nitrogen and oxygen atoms in total. The van der Waals surface area contributed by atoms with Crippen molar-refractivity contribution < 1.29 is 8.42 Å².